The van der Waals surface area contributed by atoms with Crippen LogP contribution in [0.1, 0.15) is 5.69 Å². The molecule has 23 heavy (non-hydrogen) atoms. The van der Waals surface area contributed by atoms with E-state index in [1.807, 2.05) is 30.3 Å². The largest absolute Gasteiger partial charge is 0.280 e. The summed E-state index contributed by atoms with van der Waals surface area (Å²) in [5, 5.41) is 4.29. The highest BCUT2D eigenvalue weighted by atomic mass is 79.9. The Hall–Kier alpha value is -2.12. The van der Waals surface area contributed by atoms with E-state index in [0.29, 0.717) is 11.4 Å². The van der Waals surface area contributed by atoms with Gasteiger partial charge in [-0.2, -0.15) is 5.10 Å². The Morgan fingerprint density at radius 1 is 1.04 bits per heavy atom. The number of nitrogens with one attached hydrogen (secondary N) is 1. The summed E-state index contributed by atoms with van der Waals surface area (Å²) < 4.78 is 30.2. The van der Waals surface area contributed by atoms with Crippen molar-refractivity contribution in [3.8, 4) is 5.69 Å². The van der Waals surface area contributed by atoms with Crippen molar-refractivity contribution in [1.82, 2.24) is 9.78 Å². The van der Waals surface area contributed by atoms with Gasteiger partial charge >= 0.3 is 0 Å². The predicted molar refractivity (Wildman–Crippen MR) is 93.3 cm³/mol. The Balaban J connectivity index is 1.94. The quantitative estimate of drug-likeness (QED) is 0.736. The van der Waals surface area contributed by atoms with Gasteiger partial charge in [-0.25, -0.2) is 13.1 Å². The normalized spacial score (nSPS) is 11.4. The van der Waals surface area contributed by atoms with Crippen molar-refractivity contribution in [2.75, 3.05) is 4.72 Å². The molecule has 2 aromatic carbocycles. The highest BCUT2D eigenvalue weighted by Crippen LogP contribution is 2.21. The van der Waals surface area contributed by atoms with Crippen LogP contribution in [-0.4, -0.2) is 18.2 Å². The lowest BCUT2D eigenvalue weighted by molar-refractivity contribution is 0.600. The molecule has 0 aliphatic rings. The lowest BCUT2D eigenvalue weighted by Gasteiger charge is -2.06. The van der Waals surface area contributed by atoms with Gasteiger partial charge in [0.05, 0.1) is 17.6 Å². The smallest absolute Gasteiger partial charge is 0.265 e. The van der Waals surface area contributed by atoms with E-state index < -0.39 is 10.0 Å². The number of aryl methyl sites for hydroxylation is 1. The van der Waals surface area contributed by atoms with E-state index in [-0.39, 0.29) is 4.90 Å². The molecule has 1 aromatic heterocycles. The third kappa shape index (κ3) is 3.46. The molecule has 0 spiro atoms. The fourth-order valence-electron chi connectivity index (χ4n) is 2.15. The molecule has 1 N–H and O–H groups in total. The zero-order valence-corrected chi connectivity index (χ0v) is 14.7. The standard InChI is InChI=1S/C16H14BrN3O2S/c1-12-16(11-20(18-12)15-5-3-2-4-6-15)23(21,22)19-14-9-7-13(17)8-10-14/h2-11,19H,1H3. The Labute approximate surface area is 143 Å². The Morgan fingerprint density at radius 3 is 2.35 bits per heavy atom. The molecule has 0 fully saturated rings. The molecule has 0 bridgehead atoms. The highest BCUT2D eigenvalue weighted by molar-refractivity contribution is 9.10. The van der Waals surface area contributed by atoms with Crippen molar-refractivity contribution in [1.29, 1.82) is 0 Å². The second-order valence-electron chi connectivity index (χ2n) is 4.97. The van der Waals surface area contributed by atoms with Gasteiger partial charge in [0.1, 0.15) is 4.90 Å². The second kappa shape index (κ2) is 6.17. The molecular weight excluding hydrogens is 378 g/mol. The monoisotopic (exact) mass is 391 g/mol. The summed E-state index contributed by atoms with van der Waals surface area (Å²) in [4.78, 5) is 0.157. The Kier molecular flexibility index (Phi) is 4.23. The van der Waals surface area contributed by atoms with Gasteiger partial charge in [-0.3, -0.25) is 4.72 Å². The lowest BCUT2D eigenvalue weighted by Crippen LogP contribution is -2.13. The van der Waals surface area contributed by atoms with Crippen LogP contribution in [0.5, 0.6) is 0 Å². The lowest BCUT2D eigenvalue weighted by atomic mass is 10.3. The van der Waals surface area contributed by atoms with E-state index in [2.05, 4.69) is 25.8 Å². The molecule has 0 aliphatic heterocycles. The molecule has 3 rings (SSSR count). The summed E-state index contributed by atoms with van der Waals surface area (Å²) in [7, 11) is -3.69. The average molecular weight is 392 g/mol. The number of halogens is 1. The molecule has 1 heterocycles. The number of hydrogen-bond acceptors (Lipinski definition) is 3. The van der Waals surface area contributed by atoms with E-state index in [1.54, 1.807) is 35.9 Å². The van der Waals surface area contributed by atoms with Gasteiger partial charge in [-0.05, 0) is 43.3 Å². The zero-order valence-electron chi connectivity index (χ0n) is 12.3. The number of anilines is 1. The third-order valence-electron chi connectivity index (χ3n) is 3.26. The summed E-state index contributed by atoms with van der Waals surface area (Å²) in [6.07, 6.45) is 1.52. The summed E-state index contributed by atoms with van der Waals surface area (Å²) in [5.41, 5.74) is 1.75. The number of hydrogen-bond donors (Lipinski definition) is 1. The van der Waals surface area contributed by atoms with Gasteiger partial charge in [-0.1, -0.05) is 34.1 Å². The van der Waals surface area contributed by atoms with Crippen LogP contribution in [0.4, 0.5) is 5.69 Å². The van der Waals surface area contributed by atoms with Crippen LogP contribution in [0.2, 0.25) is 0 Å². The molecule has 0 saturated carbocycles. The van der Waals surface area contributed by atoms with E-state index in [9.17, 15) is 8.42 Å². The van der Waals surface area contributed by atoms with Gasteiger partial charge in [0, 0.05) is 10.2 Å². The zero-order chi connectivity index (χ0) is 16.4. The average Bonchev–Trinajstić information content (AvgIpc) is 2.93. The number of sulfonamides is 1. The molecule has 7 heteroatoms. The maximum atomic E-state index is 12.6. The van der Waals surface area contributed by atoms with E-state index in [0.717, 1.165) is 10.2 Å². The molecule has 3 aromatic rings. The van der Waals surface area contributed by atoms with Gasteiger partial charge < -0.3 is 0 Å². The van der Waals surface area contributed by atoms with Crippen molar-refractivity contribution < 1.29 is 8.42 Å². The van der Waals surface area contributed by atoms with Crippen LogP contribution in [-0.2, 0) is 10.0 Å². The fraction of sp³-hybridized carbons (Fsp3) is 0.0625. The second-order valence-corrected chi connectivity index (χ2v) is 7.54. The van der Waals surface area contributed by atoms with Crippen LogP contribution in [0, 0.1) is 6.92 Å². The number of aromatic nitrogens is 2. The van der Waals surface area contributed by atoms with Crippen LogP contribution in [0.15, 0.2) is 70.2 Å². The highest BCUT2D eigenvalue weighted by Gasteiger charge is 2.21. The third-order valence-corrected chi connectivity index (χ3v) is 5.27. The molecule has 0 atom stereocenters. The first kappa shape index (κ1) is 15.8. The molecular formula is C16H14BrN3O2S. The van der Waals surface area contributed by atoms with Crippen LogP contribution < -0.4 is 4.72 Å². The fourth-order valence-corrected chi connectivity index (χ4v) is 3.64. The molecule has 118 valence electrons. The van der Waals surface area contributed by atoms with E-state index in [1.165, 1.54) is 6.20 Å². The number of nitrogens with zero attached hydrogens (tertiary/aromatic N) is 2. The molecule has 0 aliphatic carbocycles. The van der Waals surface area contributed by atoms with Crippen molar-refractivity contribution in [3.05, 3.63) is 71.0 Å². The number of rotatable bonds is 4. The van der Waals surface area contributed by atoms with Crippen LogP contribution in [0.3, 0.4) is 0 Å². The predicted octanol–water partition coefficient (Wildman–Crippen LogP) is 3.74. The molecule has 0 amide bonds. The van der Waals surface area contributed by atoms with Gasteiger partial charge in [0.2, 0.25) is 0 Å². The molecule has 5 nitrogen and oxygen atoms in total. The van der Waals surface area contributed by atoms with Gasteiger partial charge in [-0.15, -0.1) is 0 Å². The molecule has 0 radical (unpaired) electrons. The van der Waals surface area contributed by atoms with Crippen molar-refractivity contribution >= 4 is 31.6 Å². The molecule has 0 unspecified atom stereocenters. The Morgan fingerprint density at radius 2 is 1.70 bits per heavy atom. The number of benzene rings is 2. The van der Waals surface area contributed by atoms with Gasteiger partial charge in [0.25, 0.3) is 10.0 Å². The summed E-state index contributed by atoms with van der Waals surface area (Å²) in [5.74, 6) is 0. The minimum atomic E-state index is -3.69. The van der Waals surface area contributed by atoms with Crippen molar-refractivity contribution in [2.45, 2.75) is 11.8 Å². The summed E-state index contributed by atoms with van der Waals surface area (Å²) in [6, 6.07) is 16.3. The van der Waals surface area contributed by atoms with Crippen molar-refractivity contribution in [3.63, 3.8) is 0 Å². The summed E-state index contributed by atoms with van der Waals surface area (Å²) in [6.45, 7) is 1.68. The van der Waals surface area contributed by atoms with E-state index in [4.69, 9.17) is 0 Å². The minimum Gasteiger partial charge on any atom is -0.280 e. The van der Waals surface area contributed by atoms with Crippen LogP contribution >= 0.6 is 15.9 Å². The first-order chi connectivity index (χ1) is 11.0. The first-order valence-electron chi connectivity index (χ1n) is 6.86. The van der Waals surface area contributed by atoms with Crippen molar-refractivity contribution in [2.24, 2.45) is 0 Å². The SMILES string of the molecule is Cc1nn(-c2ccccc2)cc1S(=O)(=O)Nc1ccc(Br)cc1. The first-order valence-corrected chi connectivity index (χ1v) is 9.13. The maximum Gasteiger partial charge on any atom is 0.265 e. The summed E-state index contributed by atoms with van der Waals surface area (Å²) >= 11 is 3.32. The Bertz CT molecular complexity index is 920. The van der Waals surface area contributed by atoms with E-state index >= 15 is 0 Å². The van der Waals surface area contributed by atoms with Gasteiger partial charge in [0.15, 0.2) is 0 Å². The minimum absolute atomic E-state index is 0.157. The topological polar surface area (TPSA) is 64.0 Å². The molecule has 0 saturated heterocycles. The number of para-hydroxylation sites is 1. The maximum absolute atomic E-state index is 12.6. The van der Waals surface area contributed by atoms with Crippen LogP contribution in [0.25, 0.3) is 5.69 Å².